The molecule has 0 aliphatic heterocycles. The van der Waals surface area contributed by atoms with E-state index in [2.05, 4.69) is 5.32 Å². The molecule has 1 unspecified atom stereocenters. The van der Waals surface area contributed by atoms with Gasteiger partial charge in [0, 0.05) is 12.6 Å². The van der Waals surface area contributed by atoms with E-state index < -0.39 is 17.9 Å². The van der Waals surface area contributed by atoms with Crippen LogP contribution in [0, 0.1) is 0 Å². The molecule has 0 bridgehead atoms. The number of carbonyl (C=O) groups is 3. The first kappa shape index (κ1) is 15.7. The maximum atomic E-state index is 11.8. The number of hydrogen-bond acceptors (Lipinski definition) is 3. The molecule has 2 amide bonds. The molecule has 0 fully saturated rings. The molecule has 20 heavy (non-hydrogen) atoms. The molecule has 0 spiro atoms. The smallest absolute Gasteiger partial charge is 0.326 e. The molecule has 1 aromatic rings. The molecule has 1 aromatic carbocycles. The van der Waals surface area contributed by atoms with Crippen molar-refractivity contribution in [1.82, 2.24) is 10.2 Å². The van der Waals surface area contributed by atoms with Gasteiger partial charge >= 0.3 is 5.97 Å². The Balaban J connectivity index is 2.55. The molecule has 0 saturated carbocycles. The summed E-state index contributed by atoms with van der Waals surface area (Å²) in [5.74, 6) is -1.86. The Labute approximate surface area is 117 Å². The minimum Gasteiger partial charge on any atom is -0.480 e. The van der Waals surface area contributed by atoms with Crippen molar-refractivity contribution in [2.45, 2.75) is 19.4 Å². The number of aliphatic carboxylic acids is 1. The number of amides is 2. The average molecular weight is 278 g/mol. The van der Waals surface area contributed by atoms with Gasteiger partial charge in [0.15, 0.2) is 0 Å². The van der Waals surface area contributed by atoms with Crippen molar-refractivity contribution in [3.63, 3.8) is 0 Å². The summed E-state index contributed by atoms with van der Waals surface area (Å²) < 4.78 is 0. The largest absolute Gasteiger partial charge is 0.480 e. The molecule has 6 nitrogen and oxygen atoms in total. The maximum absolute atomic E-state index is 11.8. The van der Waals surface area contributed by atoms with Gasteiger partial charge in [0.05, 0.1) is 6.54 Å². The average Bonchev–Trinajstić information content (AvgIpc) is 2.45. The van der Waals surface area contributed by atoms with Gasteiger partial charge in [0.1, 0.15) is 6.04 Å². The Morgan fingerprint density at radius 2 is 1.85 bits per heavy atom. The fourth-order valence-electron chi connectivity index (χ4n) is 1.76. The number of likely N-dealkylation sites (N-methyl/N-ethyl adjacent to an activating group) is 1. The molecule has 0 saturated heterocycles. The van der Waals surface area contributed by atoms with E-state index in [1.54, 1.807) is 37.3 Å². The third-order valence-corrected chi connectivity index (χ3v) is 2.97. The van der Waals surface area contributed by atoms with Crippen LogP contribution in [-0.2, 0) is 9.59 Å². The lowest BCUT2D eigenvalue weighted by Gasteiger charge is -2.23. The molecule has 2 N–H and O–H groups in total. The number of rotatable bonds is 6. The van der Waals surface area contributed by atoms with Gasteiger partial charge in [-0.05, 0) is 18.6 Å². The Morgan fingerprint density at radius 3 is 2.35 bits per heavy atom. The van der Waals surface area contributed by atoms with Crippen LogP contribution >= 0.6 is 0 Å². The molecule has 6 heteroatoms. The predicted molar refractivity (Wildman–Crippen MR) is 73.3 cm³/mol. The monoisotopic (exact) mass is 278 g/mol. The topological polar surface area (TPSA) is 86.7 Å². The fourth-order valence-corrected chi connectivity index (χ4v) is 1.76. The van der Waals surface area contributed by atoms with Crippen molar-refractivity contribution in [3.8, 4) is 0 Å². The number of nitrogens with zero attached hydrogens (tertiary/aromatic N) is 1. The van der Waals surface area contributed by atoms with E-state index in [0.29, 0.717) is 12.0 Å². The number of carboxylic acid groups (broad SMARTS) is 1. The summed E-state index contributed by atoms with van der Waals surface area (Å²) >= 11 is 0. The van der Waals surface area contributed by atoms with Crippen LogP contribution in [0.3, 0.4) is 0 Å². The SMILES string of the molecule is CCC(C(=O)O)N(C)C(=O)CNC(=O)c1ccccc1. The van der Waals surface area contributed by atoms with Gasteiger partial charge in [-0.1, -0.05) is 25.1 Å². The van der Waals surface area contributed by atoms with E-state index in [0.717, 1.165) is 4.90 Å². The Hall–Kier alpha value is -2.37. The zero-order chi connectivity index (χ0) is 15.1. The highest BCUT2D eigenvalue weighted by atomic mass is 16.4. The number of benzene rings is 1. The van der Waals surface area contributed by atoms with Crippen LogP contribution in [0.1, 0.15) is 23.7 Å². The van der Waals surface area contributed by atoms with Crippen LogP contribution in [0.2, 0.25) is 0 Å². The fraction of sp³-hybridized carbons (Fsp3) is 0.357. The minimum atomic E-state index is -1.06. The zero-order valence-corrected chi connectivity index (χ0v) is 11.5. The van der Waals surface area contributed by atoms with Gasteiger partial charge < -0.3 is 15.3 Å². The number of carboxylic acids is 1. The normalized spacial score (nSPS) is 11.5. The van der Waals surface area contributed by atoms with E-state index >= 15 is 0 Å². The van der Waals surface area contributed by atoms with Crippen LogP contribution in [-0.4, -0.2) is 47.4 Å². The van der Waals surface area contributed by atoms with E-state index in [-0.39, 0.29) is 12.5 Å². The van der Waals surface area contributed by atoms with Crippen LogP contribution < -0.4 is 5.32 Å². The molecule has 1 rings (SSSR count). The van der Waals surface area contributed by atoms with Crippen molar-refractivity contribution < 1.29 is 19.5 Å². The molecule has 0 aliphatic carbocycles. The second-order valence-electron chi connectivity index (χ2n) is 4.32. The lowest BCUT2D eigenvalue weighted by atomic mass is 10.2. The summed E-state index contributed by atoms with van der Waals surface area (Å²) in [6, 6.07) is 7.62. The third kappa shape index (κ3) is 4.08. The highest BCUT2D eigenvalue weighted by molar-refractivity contribution is 5.96. The van der Waals surface area contributed by atoms with Crippen molar-refractivity contribution in [2.24, 2.45) is 0 Å². The standard InChI is InChI=1S/C14H18N2O4/c1-3-11(14(19)20)16(2)12(17)9-15-13(18)10-7-5-4-6-8-10/h4-8,11H,3,9H2,1-2H3,(H,15,18)(H,19,20). The molecular formula is C14H18N2O4. The molecule has 0 aromatic heterocycles. The van der Waals surface area contributed by atoms with Crippen molar-refractivity contribution in [2.75, 3.05) is 13.6 Å². The van der Waals surface area contributed by atoms with E-state index in [1.165, 1.54) is 7.05 Å². The molecule has 0 radical (unpaired) electrons. The predicted octanol–water partition coefficient (Wildman–Crippen LogP) is 0.738. The lowest BCUT2D eigenvalue weighted by molar-refractivity contribution is -0.148. The summed E-state index contributed by atoms with van der Waals surface area (Å²) in [5, 5.41) is 11.4. The van der Waals surface area contributed by atoms with Gasteiger partial charge in [-0.3, -0.25) is 9.59 Å². The highest BCUT2D eigenvalue weighted by Crippen LogP contribution is 2.02. The first-order valence-electron chi connectivity index (χ1n) is 6.29. The summed E-state index contributed by atoms with van der Waals surface area (Å²) in [6.45, 7) is 1.46. The van der Waals surface area contributed by atoms with Gasteiger partial charge in [-0.2, -0.15) is 0 Å². The summed E-state index contributed by atoms with van der Waals surface area (Å²) in [7, 11) is 1.42. The van der Waals surface area contributed by atoms with E-state index in [4.69, 9.17) is 5.11 Å². The molecule has 108 valence electrons. The van der Waals surface area contributed by atoms with E-state index in [9.17, 15) is 14.4 Å². The van der Waals surface area contributed by atoms with Crippen LogP contribution in [0.4, 0.5) is 0 Å². The van der Waals surface area contributed by atoms with Crippen LogP contribution in [0.15, 0.2) is 30.3 Å². The molecule has 1 atom stereocenters. The van der Waals surface area contributed by atoms with Gasteiger partial charge in [-0.15, -0.1) is 0 Å². The molecule has 0 heterocycles. The van der Waals surface area contributed by atoms with Crippen molar-refractivity contribution in [3.05, 3.63) is 35.9 Å². The minimum absolute atomic E-state index is 0.228. The second-order valence-corrected chi connectivity index (χ2v) is 4.32. The Morgan fingerprint density at radius 1 is 1.25 bits per heavy atom. The first-order chi connectivity index (χ1) is 9.47. The zero-order valence-electron chi connectivity index (χ0n) is 11.5. The summed E-state index contributed by atoms with van der Waals surface area (Å²) in [5.41, 5.74) is 0.452. The summed E-state index contributed by atoms with van der Waals surface area (Å²) in [6.07, 6.45) is 0.310. The Kier molecular flexibility index (Phi) is 5.71. The quantitative estimate of drug-likeness (QED) is 0.803. The first-order valence-corrected chi connectivity index (χ1v) is 6.29. The van der Waals surface area contributed by atoms with Crippen molar-refractivity contribution >= 4 is 17.8 Å². The highest BCUT2D eigenvalue weighted by Gasteiger charge is 2.24. The number of hydrogen-bond donors (Lipinski definition) is 2. The Bertz CT molecular complexity index is 487. The van der Waals surface area contributed by atoms with Gasteiger partial charge in [0.2, 0.25) is 5.91 Å². The molecular weight excluding hydrogens is 260 g/mol. The van der Waals surface area contributed by atoms with E-state index in [1.807, 2.05) is 0 Å². The number of carbonyl (C=O) groups excluding carboxylic acids is 2. The van der Waals surface area contributed by atoms with Crippen LogP contribution in [0.25, 0.3) is 0 Å². The van der Waals surface area contributed by atoms with Gasteiger partial charge in [-0.25, -0.2) is 4.79 Å². The molecule has 0 aliphatic rings. The van der Waals surface area contributed by atoms with Crippen LogP contribution in [0.5, 0.6) is 0 Å². The summed E-state index contributed by atoms with van der Waals surface area (Å²) in [4.78, 5) is 35.7. The second kappa shape index (κ2) is 7.28. The lowest BCUT2D eigenvalue weighted by Crippen LogP contribution is -2.46. The van der Waals surface area contributed by atoms with Crippen molar-refractivity contribution in [1.29, 1.82) is 0 Å². The maximum Gasteiger partial charge on any atom is 0.326 e. The number of nitrogens with one attached hydrogen (secondary N) is 1. The van der Waals surface area contributed by atoms with Gasteiger partial charge in [0.25, 0.3) is 5.91 Å². The third-order valence-electron chi connectivity index (χ3n) is 2.97.